The van der Waals surface area contributed by atoms with Gasteiger partial charge >= 0.3 is 5.97 Å². The second-order valence-corrected chi connectivity index (χ2v) is 17.5. The van der Waals surface area contributed by atoms with Crippen molar-refractivity contribution >= 4 is 102 Å². The van der Waals surface area contributed by atoms with Crippen LogP contribution in [0.5, 0.6) is 0 Å². The molecule has 0 aromatic carbocycles. The number of aliphatic carboxylic acids is 1. The van der Waals surface area contributed by atoms with Gasteiger partial charge in [-0.2, -0.15) is 0 Å². The number of unbranched alkanes of at least 4 members (excludes halogenated alkanes) is 11. The quantitative estimate of drug-likeness (QED) is 0.126. The van der Waals surface area contributed by atoms with Crippen LogP contribution in [-0.4, -0.2) is 20.8 Å². The van der Waals surface area contributed by atoms with Crippen LogP contribution in [0.2, 0.25) is 0 Å². The molecule has 0 aromatic rings. The SMILES string of the molecule is CCCCCCCCCCCCCCC(Br)(Br)C(Br)(Br)C(Br)(Br)C(=O)O. The number of hydrogen-bond donors (Lipinski definition) is 1. The van der Waals surface area contributed by atoms with Crippen LogP contribution in [0.1, 0.15) is 90.4 Å². The summed E-state index contributed by atoms with van der Waals surface area (Å²) in [4.78, 5) is 11.5. The van der Waals surface area contributed by atoms with E-state index in [2.05, 4.69) is 103 Å². The highest BCUT2D eigenvalue weighted by molar-refractivity contribution is 9.33. The Morgan fingerprint density at radius 2 is 1.04 bits per heavy atom. The number of carbonyl (C=O) groups is 1. The van der Waals surface area contributed by atoms with E-state index >= 15 is 0 Å². The lowest BCUT2D eigenvalue weighted by atomic mass is 10.0. The van der Waals surface area contributed by atoms with Gasteiger partial charge in [-0.1, -0.05) is 180 Å². The highest BCUT2D eigenvalue weighted by Crippen LogP contribution is 2.61. The molecule has 1 N–H and O–H groups in total. The van der Waals surface area contributed by atoms with E-state index in [1.54, 1.807) is 0 Å². The van der Waals surface area contributed by atoms with Crippen molar-refractivity contribution in [2.24, 2.45) is 0 Å². The minimum absolute atomic E-state index is 0.614. The summed E-state index contributed by atoms with van der Waals surface area (Å²) in [6, 6.07) is 0. The molecule has 0 aliphatic heterocycles. The highest BCUT2D eigenvalue weighted by atomic mass is 79.9. The summed E-state index contributed by atoms with van der Waals surface area (Å²) < 4.78 is -2.92. The van der Waals surface area contributed by atoms with E-state index in [-0.39, 0.29) is 0 Å². The maximum absolute atomic E-state index is 11.5. The second-order valence-electron chi connectivity index (χ2n) is 6.80. The number of halogens is 6. The molecule has 0 amide bonds. The van der Waals surface area contributed by atoms with E-state index in [4.69, 9.17) is 0 Å². The fourth-order valence-corrected chi connectivity index (χ4v) is 6.34. The molecule has 0 aliphatic rings. The van der Waals surface area contributed by atoms with Crippen molar-refractivity contribution in [1.82, 2.24) is 0 Å². The third-order valence-electron chi connectivity index (χ3n) is 4.47. The molecule has 0 atom stereocenters. The summed E-state index contributed by atoms with van der Waals surface area (Å²) in [7, 11) is 0. The number of alkyl halides is 6. The van der Waals surface area contributed by atoms with Crippen LogP contribution in [0.4, 0.5) is 0 Å². The average molecular weight is 758 g/mol. The molecule has 0 bridgehead atoms. The van der Waals surface area contributed by atoms with Gasteiger partial charge in [-0.05, 0) is 6.42 Å². The normalized spacial score (nSPS) is 13.2. The maximum Gasteiger partial charge on any atom is 0.333 e. The van der Waals surface area contributed by atoms with Gasteiger partial charge in [-0.25, -0.2) is 4.79 Å². The number of carboxylic acid groups (broad SMARTS) is 1. The van der Waals surface area contributed by atoms with Gasteiger partial charge in [0.1, 0.15) is 6.47 Å². The van der Waals surface area contributed by atoms with Gasteiger partial charge in [0.25, 0.3) is 0 Å². The minimum atomic E-state index is -1.35. The van der Waals surface area contributed by atoms with Gasteiger partial charge in [-0.15, -0.1) is 0 Å². The molecular weight excluding hydrogens is 728 g/mol. The van der Waals surface area contributed by atoms with Crippen molar-refractivity contribution in [3.05, 3.63) is 0 Å². The zero-order valence-corrected chi connectivity index (χ0v) is 24.8. The van der Waals surface area contributed by atoms with Crippen molar-refractivity contribution in [3.8, 4) is 0 Å². The third-order valence-corrected chi connectivity index (χ3v) is 15.1. The van der Waals surface area contributed by atoms with Gasteiger partial charge < -0.3 is 5.11 Å². The van der Waals surface area contributed by atoms with E-state index in [9.17, 15) is 9.90 Å². The first-order chi connectivity index (χ1) is 12.0. The highest BCUT2D eigenvalue weighted by Gasteiger charge is 2.61. The van der Waals surface area contributed by atoms with Crippen LogP contribution < -0.4 is 0 Å². The van der Waals surface area contributed by atoms with Crippen LogP contribution in [0, 0.1) is 0 Å². The van der Waals surface area contributed by atoms with Crippen LogP contribution in [-0.2, 0) is 4.79 Å². The van der Waals surface area contributed by atoms with E-state index < -0.39 is 15.7 Å². The van der Waals surface area contributed by atoms with Crippen LogP contribution in [0.15, 0.2) is 0 Å². The first-order valence-corrected chi connectivity index (χ1v) is 14.1. The van der Waals surface area contributed by atoms with E-state index in [1.165, 1.54) is 64.2 Å². The predicted octanol–water partition coefficient (Wildman–Crippen LogP) is 9.62. The Hall–Kier alpha value is 2.35. The molecule has 0 heterocycles. The summed E-state index contributed by atoms with van der Waals surface area (Å²) >= 11 is 20.8. The Morgan fingerprint density at radius 1 is 0.692 bits per heavy atom. The van der Waals surface area contributed by atoms with Gasteiger partial charge in [0.05, 0.1) is 0 Å². The molecule has 0 saturated carbocycles. The van der Waals surface area contributed by atoms with Gasteiger partial charge in [0, 0.05) is 0 Å². The molecular formula is C18H30Br6O2. The number of hydrogen-bond acceptors (Lipinski definition) is 1. The molecule has 8 heteroatoms. The Balaban J connectivity index is 3.91. The van der Waals surface area contributed by atoms with E-state index in [0.717, 1.165) is 19.3 Å². The Bertz CT molecular complexity index is 399. The Labute approximate surface area is 209 Å². The van der Waals surface area contributed by atoms with Crippen molar-refractivity contribution < 1.29 is 9.90 Å². The minimum Gasteiger partial charge on any atom is -0.480 e. The average Bonchev–Trinajstić information content (AvgIpc) is 2.55. The standard InChI is InChI=1S/C18H30Br6O2/c1-2-3-4-5-6-7-8-9-10-11-12-13-14-16(19,20)18(23,24)17(21,22)15(25)26/h2-14H2,1H3,(H,25,26). The zero-order chi connectivity index (χ0) is 20.3. The first-order valence-electron chi connectivity index (χ1n) is 9.37. The van der Waals surface area contributed by atoms with Crippen LogP contribution in [0.3, 0.4) is 0 Å². The molecule has 0 aliphatic carbocycles. The smallest absolute Gasteiger partial charge is 0.333 e. The van der Waals surface area contributed by atoms with E-state index in [1.807, 2.05) is 0 Å². The van der Waals surface area contributed by atoms with Gasteiger partial charge in [0.15, 0.2) is 0 Å². The van der Waals surface area contributed by atoms with Crippen LogP contribution >= 0.6 is 95.6 Å². The summed E-state index contributed by atoms with van der Waals surface area (Å²) in [6.45, 7) is 2.26. The fraction of sp³-hybridized carbons (Fsp3) is 0.944. The number of rotatable bonds is 16. The summed E-state index contributed by atoms with van der Waals surface area (Å²) in [5.74, 6) is -1.01. The van der Waals surface area contributed by atoms with Crippen LogP contribution in [0.25, 0.3) is 0 Å². The molecule has 0 spiro atoms. The molecule has 0 aromatic heterocycles. The molecule has 26 heavy (non-hydrogen) atoms. The first kappa shape index (κ1) is 28.4. The monoisotopic (exact) mass is 752 g/mol. The predicted molar refractivity (Wildman–Crippen MR) is 135 cm³/mol. The Kier molecular flexibility index (Phi) is 15.7. The maximum atomic E-state index is 11.5. The fourth-order valence-electron chi connectivity index (χ4n) is 2.71. The summed E-state index contributed by atoms with van der Waals surface area (Å²) in [5, 5.41) is 9.42. The molecule has 0 unspecified atom stereocenters. The lowest BCUT2D eigenvalue weighted by molar-refractivity contribution is -0.137. The van der Waals surface area contributed by atoms with E-state index in [0.29, 0.717) is 0 Å². The Morgan fingerprint density at radius 3 is 1.38 bits per heavy atom. The summed E-state index contributed by atoms with van der Waals surface area (Å²) in [6.07, 6.45) is 16.4. The summed E-state index contributed by atoms with van der Waals surface area (Å²) in [5.41, 5.74) is 0. The largest absolute Gasteiger partial charge is 0.480 e. The van der Waals surface area contributed by atoms with Gasteiger partial charge in [-0.3, -0.25) is 0 Å². The van der Waals surface area contributed by atoms with Crippen molar-refractivity contribution in [2.45, 2.75) is 100 Å². The zero-order valence-electron chi connectivity index (χ0n) is 15.3. The van der Waals surface area contributed by atoms with Crippen molar-refractivity contribution in [2.75, 3.05) is 0 Å². The third kappa shape index (κ3) is 9.90. The van der Waals surface area contributed by atoms with Gasteiger partial charge in [0.2, 0.25) is 3.23 Å². The lowest BCUT2D eigenvalue weighted by Crippen LogP contribution is -2.51. The number of carboxylic acids is 1. The van der Waals surface area contributed by atoms with Crippen molar-refractivity contribution in [1.29, 1.82) is 0 Å². The topological polar surface area (TPSA) is 37.3 Å². The molecule has 0 radical (unpaired) electrons. The molecule has 2 nitrogen and oxygen atoms in total. The molecule has 0 fully saturated rings. The molecule has 156 valence electrons. The molecule has 0 rings (SSSR count). The molecule has 0 saturated heterocycles. The lowest BCUT2D eigenvalue weighted by Gasteiger charge is -2.41. The second kappa shape index (κ2) is 14.4. The van der Waals surface area contributed by atoms with Crippen molar-refractivity contribution in [3.63, 3.8) is 0 Å².